The minimum atomic E-state index is -0.581. The van der Waals surface area contributed by atoms with Gasteiger partial charge in [0.15, 0.2) is 0 Å². The van der Waals surface area contributed by atoms with Crippen molar-refractivity contribution in [3.63, 3.8) is 0 Å². The fourth-order valence-electron chi connectivity index (χ4n) is 1.68. The third-order valence-electron chi connectivity index (χ3n) is 2.50. The van der Waals surface area contributed by atoms with E-state index in [1.165, 1.54) is 13.2 Å². The van der Waals surface area contributed by atoms with Crippen LogP contribution in [0, 0.1) is 5.82 Å². The van der Waals surface area contributed by atoms with Gasteiger partial charge in [-0.05, 0) is 29.8 Å². The van der Waals surface area contributed by atoms with E-state index in [9.17, 15) is 9.18 Å². The molecule has 0 bridgehead atoms. The first-order valence-corrected chi connectivity index (χ1v) is 5.63. The average molecular weight is 265 g/mol. The van der Waals surface area contributed by atoms with Gasteiger partial charge in [0.25, 0.3) is 0 Å². The number of carbonyl (C=O) groups excluding carboxylic acids is 1. The van der Waals surface area contributed by atoms with Gasteiger partial charge >= 0.3 is 5.97 Å². The van der Waals surface area contributed by atoms with E-state index in [2.05, 4.69) is 4.74 Å². The van der Waals surface area contributed by atoms with Crippen molar-refractivity contribution < 1.29 is 13.9 Å². The summed E-state index contributed by atoms with van der Waals surface area (Å²) < 4.78 is 18.1. The van der Waals surface area contributed by atoms with Crippen molar-refractivity contribution in [3.8, 4) is 11.1 Å². The molecule has 0 saturated carbocycles. The second kappa shape index (κ2) is 5.19. The van der Waals surface area contributed by atoms with E-state index in [0.29, 0.717) is 16.1 Å². The van der Waals surface area contributed by atoms with E-state index < -0.39 is 11.8 Å². The minimum absolute atomic E-state index is 0.160. The first kappa shape index (κ1) is 12.6. The maximum absolute atomic E-state index is 13.5. The van der Waals surface area contributed by atoms with Crippen LogP contribution in [-0.2, 0) is 4.74 Å². The first-order chi connectivity index (χ1) is 8.61. The molecule has 0 aliphatic rings. The zero-order valence-electron chi connectivity index (χ0n) is 9.61. The van der Waals surface area contributed by atoms with Crippen molar-refractivity contribution in [2.45, 2.75) is 0 Å². The largest absolute Gasteiger partial charge is 0.465 e. The van der Waals surface area contributed by atoms with E-state index >= 15 is 0 Å². The van der Waals surface area contributed by atoms with Crippen LogP contribution in [0.1, 0.15) is 10.4 Å². The number of ether oxygens (including phenoxy) is 1. The molecule has 0 fully saturated rings. The average Bonchev–Trinajstić information content (AvgIpc) is 2.37. The maximum Gasteiger partial charge on any atom is 0.337 e. The molecule has 0 atom stereocenters. The van der Waals surface area contributed by atoms with Gasteiger partial charge in [-0.2, -0.15) is 0 Å². The van der Waals surface area contributed by atoms with E-state index in [-0.39, 0.29) is 5.56 Å². The van der Waals surface area contributed by atoms with Gasteiger partial charge in [0.2, 0.25) is 0 Å². The Labute approximate surface area is 109 Å². The number of esters is 1. The molecule has 2 aromatic rings. The molecule has 2 aromatic carbocycles. The molecule has 0 saturated heterocycles. The lowest BCUT2D eigenvalue weighted by molar-refractivity contribution is 0.0600. The van der Waals surface area contributed by atoms with E-state index in [1.54, 1.807) is 30.3 Å². The van der Waals surface area contributed by atoms with Crippen LogP contribution in [0.4, 0.5) is 4.39 Å². The van der Waals surface area contributed by atoms with Gasteiger partial charge in [0.1, 0.15) is 5.82 Å². The zero-order chi connectivity index (χ0) is 13.1. The lowest BCUT2D eigenvalue weighted by Crippen LogP contribution is -2.02. The monoisotopic (exact) mass is 264 g/mol. The normalized spacial score (nSPS) is 10.2. The molecular formula is C14H10ClFO2. The molecule has 92 valence electrons. The second-order valence-electron chi connectivity index (χ2n) is 3.70. The highest BCUT2D eigenvalue weighted by molar-refractivity contribution is 6.33. The van der Waals surface area contributed by atoms with Gasteiger partial charge in [0, 0.05) is 10.6 Å². The molecule has 0 radical (unpaired) electrons. The van der Waals surface area contributed by atoms with Gasteiger partial charge in [0.05, 0.1) is 12.7 Å². The van der Waals surface area contributed by atoms with Crippen molar-refractivity contribution in [3.05, 3.63) is 58.9 Å². The molecule has 2 nitrogen and oxygen atoms in total. The third kappa shape index (κ3) is 2.51. The Bertz CT molecular complexity index is 596. The Morgan fingerprint density at radius 2 is 1.94 bits per heavy atom. The summed E-state index contributed by atoms with van der Waals surface area (Å²) in [6, 6.07) is 11.1. The number of carbonyl (C=O) groups is 1. The quantitative estimate of drug-likeness (QED) is 0.768. The summed E-state index contributed by atoms with van der Waals surface area (Å²) in [6.07, 6.45) is 0. The Hall–Kier alpha value is -1.87. The molecule has 0 heterocycles. The molecule has 0 spiro atoms. The van der Waals surface area contributed by atoms with Crippen molar-refractivity contribution in [1.82, 2.24) is 0 Å². The molecule has 0 amide bonds. The minimum Gasteiger partial charge on any atom is -0.465 e. The summed E-state index contributed by atoms with van der Waals surface area (Å²) in [5.74, 6) is -1.09. The zero-order valence-corrected chi connectivity index (χ0v) is 10.4. The predicted octanol–water partition coefficient (Wildman–Crippen LogP) is 3.93. The maximum atomic E-state index is 13.5. The third-order valence-corrected chi connectivity index (χ3v) is 2.83. The Morgan fingerprint density at radius 1 is 1.22 bits per heavy atom. The molecule has 4 heteroatoms. The van der Waals surface area contributed by atoms with Crippen molar-refractivity contribution >= 4 is 17.6 Å². The number of benzene rings is 2. The van der Waals surface area contributed by atoms with E-state index in [0.717, 1.165) is 6.07 Å². The molecular weight excluding hydrogens is 255 g/mol. The molecule has 0 aliphatic carbocycles. The van der Waals surface area contributed by atoms with Crippen LogP contribution >= 0.6 is 11.6 Å². The molecule has 0 aliphatic heterocycles. The van der Waals surface area contributed by atoms with Crippen LogP contribution in [0.15, 0.2) is 42.5 Å². The highest BCUT2D eigenvalue weighted by Crippen LogP contribution is 2.29. The van der Waals surface area contributed by atoms with Crippen LogP contribution in [0.5, 0.6) is 0 Å². The van der Waals surface area contributed by atoms with Gasteiger partial charge in [-0.25, -0.2) is 9.18 Å². The van der Waals surface area contributed by atoms with Gasteiger partial charge in [-0.15, -0.1) is 0 Å². The number of hydrogen-bond acceptors (Lipinski definition) is 2. The summed E-state index contributed by atoms with van der Waals surface area (Å²) in [6.45, 7) is 0. The van der Waals surface area contributed by atoms with Gasteiger partial charge in [-0.3, -0.25) is 0 Å². The molecule has 0 aromatic heterocycles. The fraction of sp³-hybridized carbons (Fsp3) is 0.0714. The van der Waals surface area contributed by atoms with Crippen LogP contribution in [0.3, 0.4) is 0 Å². The lowest BCUT2D eigenvalue weighted by Gasteiger charge is -2.07. The van der Waals surface area contributed by atoms with Crippen molar-refractivity contribution in [2.75, 3.05) is 7.11 Å². The van der Waals surface area contributed by atoms with E-state index in [1.807, 2.05) is 0 Å². The highest BCUT2D eigenvalue weighted by Gasteiger charge is 2.11. The standard InChI is InChI=1S/C14H10ClFO2/c1-18-14(17)10-6-9(7-11(16)8-10)12-4-2-3-5-13(12)15/h2-8H,1H3. The van der Waals surface area contributed by atoms with Crippen LogP contribution in [-0.4, -0.2) is 13.1 Å². The summed E-state index contributed by atoms with van der Waals surface area (Å²) in [5.41, 5.74) is 1.37. The number of hydrogen-bond donors (Lipinski definition) is 0. The first-order valence-electron chi connectivity index (χ1n) is 5.25. The molecule has 0 N–H and O–H groups in total. The Morgan fingerprint density at radius 3 is 2.61 bits per heavy atom. The topological polar surface area (TPSA) is 26.3 Å². The van der Waals surface area contributed by atoms with Crippen molar-refractivity contribution in [1.29, 1.82) is 0 Å². The Kier molecular flexibility index (Phi) is 3.63. The highest BCUT2D eigenvalue weighted by atomic mass is 35.5. The number of rotatable bonds is 2. The molecule has 18 heavy (non-hydrogen) atoms. The molecule has 0 unspecified atom stereocenters. The summed E-state index contributed by atoms with van der Waals surface area (Å²) in [5, 5.41) is 0.499. The second-order valence-corrected chi connectivity index (χ2v) is 4.11. The van der Waals surface area contributed by atoms with Gasteiger partial charge < -0.3 is 4.74 Å². The molecule has 2 rings (SSSR count). The lowest BCUT2D eigenvalue weighted by atomic mass is 10.0. The Balaban J connectivity index is 2.55. The van der Waals surface area contributed by atoms with Crippen LogP contribution in [0.2, 0.25) is 5.02 Å². The SMILES string of the molecule is COC(=O)c1cc(F)cc(-c2ccccc2Cl)c1. The smallest absolute Gasteiger partial charge is 0.337 e. The van der Waals surface area contributed by atoms with Crippen molar-refractivity contribution in [2.24, 2.45) is 0 Å². The number of halogens is 2. The summed E-state index contributed by atoms with van der Waals surface area (Å²) >= 11 is 6.04. The van der Waals surface area contributed by atoms with Crippen LogP contribution < -0.4 is 0 Å². The number of methoxy groups -OCH3 is 1. The van der Waals surface area contributed by atoms with Gasteiger partial charge in [-0.1, -0.05) is 29.8 Å². The predicted molar refractivity (Wildman–Crippen MR) is 68.2 cm³/mol. The van der Waals surface area contributed by atoms with E-state index in [4.69, 9.17) is 11.6 Å². The summed E-state index contributed by atoms with van der Waals surface area (Å²) in [7, 11) is 1.25. The van der Waals surface area contributed by atoms with Crippen LogP contribution in [0.25, 0.3) is 11.1 Å². The fourth-order valence-corrected chi connectivity index (χ4v) is 1.92. The summed E-state index contributed by atoms with van der Waals surface area (Å²) in [4.78, 5) is 11.4.